The van der Waals surface area contributed by atoms with Gasteiger partial charge in [0.1, 0.15) is 0 Å². The molecule has 100 heavy (non-hydrogen) atoms. The van der Waals surface area contributed by atoms with Crippen molar-refractivity contribution in [1.29, 1.82) is 0 Å². The average molecular weight is 1450 g/mol. The van der Waals surface area contributed by atoms with Gasteiger partial charge in [0, 0.05) is 0 Å². The summed E-state index contributed by atoms with van der Waals surface area (Å²) in [6.07, 6.45) is 117. The number of halogens is 2. The van der Waals surface area contributed by atoms with Crippen LogP contribution in [0.25, 0.3) is 0 Å². The van der Waals surface area contributed by atoms with Gasteiger partial charge in [0.2, 0.25) is 0 Å². The standard InChI is InChI=1S/2C48H100N.2ClH/c2*1-5-9-13-17-21-25-29-33-37-41-45-49(46-42-38-34-30-26-22-18-14-10-6-2,47-43-39-35-31-27-23-19-15-11-7-3)48-44-40-36-32-28-24-20-16-12-8-4;;/h2*5-48H2,1-4H3;2*1H/q2*+1;;/p-2. The van der Waals surface area contributed by atoms with Gasteiger partial charge in [0.05, 0.1) is 52.4 Å². The summed E-state index contributed by atoms with van der Waals surface area (Å²) in [4.78, 5) is 0. The van der Waals surface area contributed by atoms with E-state index in [2.05, 4.69) is 55.4 Å². The number of quaternary nitrogens is 2. The lowest BCUT2D eigenvalue weighted by Gasteiger charge is -2.40. The third-order valence-electron chi connectivity index (χ3n) is 23.9. The number of unbranched alkanes of at least 4 members (excludes halogenated alkanes) is 72. The Bertz CT molecular complexity index is 1050. The van der Waals surface area contributed by atoms with Crippen molar-refractivity contribution < 1.29 is 33.8 Å². The fourth-order valence-corrected chi connectivity index (χ4v) is 16.8. The van der Waals surface area contributed by atoms with Crippen LogP contribution in [0.3, 0.4) is 0 Å². The Morgan fingerprint density at radius 2 is 0.150 bits per heavy atom. The van der Waals surface area contributed by atoms with Crippen LogP contribution in [0.1, 0.15) is 569 Å². The molecular weight excluding hydrogens is 1250 g/mol. The topological polar surface area (TPSA) is 0 Å². The number of hydrogen-bond acceptors (Lipinski definition) is 0. The van der Waals surface area contributed by atoms with Gasteiger partial charge in [-0.15, -0.1) is 0 Å². The Hall–Kier alpha value is 0.500. The van der Waals surface area contributed by atoms with Crippen LogP contribution in [0.2, 0.25) is 0 Å². The highest BCUT2D eigenvalue weighted by molar-refractivity contribution is 4.60. The quantitative estimate of drug-likeness (QED) is 0.0421. The minimum atomic E-state index is 0. The minimum absolute atomic E-state index is 0. The Labute approximate surface area is 651 Å². The molecule has 0 fully saturated rings. The highest BCUT2D eigenvalue weighted by Gasteiger charge is 2.27. The zero-order chi connectivity index (χ0) is 71.2. The highest BCUT2D eigenvalue weighted by Crippen LogP contribution is 2.25. The van der Waals surface area contributed by atoms with Gasteiger partial charge in [-0.25, -0.2) is 0 Å². The monoisotopic (exact) mass is 1450 g/mol. The summed E-state index contributed by atoms with van der Waals surface area (Å²) in [7, 11) is 0. The summed E-state index contributed by atoms with van der Waals surface area (Å²) in [5, 5.41) is 0. The van der Waals surface area contributed by atoms with Crippen molar-refractivity contribution in [2.24, 2.45) is 0 Å². The van der Waals surface area contributed by atoms with Crippen LogP contribution in [0.5, 0.6) is 0 Å². The molecule has 4 heteroatoms. The third-order valence-corrected chi connectivity index (χ3v) is 23.9. The molecule has 2 nitrogen and oxygen atoms in total. The molecule has 0 aromatic carbocycles. The zero-order valence-corrected chi connectivity index (χ0v) is 73.4. The summed E-state index contributed by atoms with van der Waals surface area (Å²) < 4.78 is 2.98. The molecular formula is C96H200Cl2N2. The van der Waals surface area contributed by atoms with E-state index in [1.807, 2.05) is 0 Å². The van der Waals surface area contributed by atoms with Crippen LogP contribution < -0.4 is 24.8 Å². The highest BCUT2D eigenvalue weighted by atomic mass is 35.5. The maximum Gasteiger partial charge on any atom is 0.0786 e. The maximum atomic E-state index is 2.34. The van der Waals surface area contributed by atoms with Gasteiger partial charge in [0.25, 0.3) is 0 Å². The molecule has 0 aromatic rings. The van der Waals surface area contributed by atoms with Crippen LogP contribution in [0, 0.1) is 0 Å². The predicted octanol–water partition coefficient (Wildman–Crippen LogP) is 29.0. The molecule has 0 aromatic heterocycles. The molecule has 0 heterocycles. The van der Waals surface area contributed by atoms with Crippen LogP contribution >= 0.6 is 0 Å². The van der Waals surface area contributed by atoms with Crippen LogP contribution in [-0.4, -0.2) is 61.3 Å². The van der Waals surface area contributed by atoms with E-state index in [9.17, 15) is 0 Å². The summed E-state index contributed by atoms with van der Waals surface area (Å²) in [5.74, 6) is 0. The van der Waals surface area contributed by atoms with Gasteiger partial charge in [0.15, 0.2) is 0 Å². The summed E-state index contributed by atoms with van der Waals surface area (Å²) in [6, 6.07) is 0. The molecule has 0 atom stereocenters. The van der Waals surface area contributed by atoms with Crippen molar-refractivity contribution in [3.05, 3.63) is 0 Å². The molecule has 0 saturated heterocycles. The minimum Gasteiger partial charge on any atom is -1.00 e. The van der Waals surface area contributed by atoms with Crippen LogP contribution in [0.15, 0.2) is 0 Å². The van der Waals surface area contributed by atoms with Crippen LogP contribution in [-0.2, 0) is 0 Å². The third kappa shape index (κ3) is 85.7. The number of nitrogens with zero attached hydrogens (tertiary/aromatic N) is 2. The summed E-state index contributed by atoms with van der Waals surface area (Å²) in [6.45, 7) is 30.6. The number of hydrogen-bond donors (Lipinski definition) is 0. The molecule has 0 saturated carbocycles. The van der Waals surface area contributed by atoms with Crippen molar-refractivity contribution in [3.63, 3.8) is 0 Å². The van der Waals surface area contributed by atoms with Gasteiger partial charge in [-0.1, -0.05) is 466 Å². The van der Waals surface area contributed by atoms with Crippen molar-refractivity contribution in [2.75, 3.05) is 52.4 Å². The van der Waals surface area contributed by atoms with Gasteiger partial charge in [-0.2, -0.15) is 0 Å². The van der Waals surface area contributed by atoms with E-state index in [4.69, 9.17) is 0 Å². The van der Waals surface area contributed by atoms with E-state index in [1.165, 1.54) is 575 Å². The predicted molar refractivity (Wildman–Crippen MR) is 454 cm³/mol. The van der Waals surface area contributed by atoms with E-state index in [0.29, 0.717) is 0 Å². The first kappa shape index (κ1) is 107. The number of rotatable bonds is 88. The van der Waals surface area contributed by atoms with E-state index >= 15 is 0 Å². The van der Waals surface area contributed by atoms with Crippen molar-refractivity contribution in [1.82, 2.24) is 0 Å². The molecule has 608 valence electrons. The van der Waals surface area contributed by atoms with Gasteiger partial charge >= 0.3 is 0 Å². The molecule has 0 amide bonds. The van der Waals surface area contributed by atoms with Crippen molar-refractivity contribution in [2.45, 2.75) is 569 Å². The van der Waals surface area contributed by atoms with Gasteiger partial charge < -0.3 is 33.8 Å². The average Bonchev–Trinajstić information content (AvgIpc) is 0.935. The Balaban J connectivity index is -0.000000904. The molecule has 0 N–H and O–H groups in total. The van der Waals surface area contributed by atoms with E-state index in [0.717, 1.165) is 0 Å². The van der Waals surface area contributed by atoms with E-state index in [-0.39, 0.29) is 24.8 Å². The van der Waals surface area contributed by atoms with Crippen molar-refractivity contribution in [3.8, 4) is 0 Å². The fraction of sp³-hybridized carbons (Fsp3) is 1.00. The lowest BCUT2D eigenvalue weighted by Crippen LogP contribution is -3.00. The second-order valence-corrected chi connectivity index (χ2v) is 33.9. The Morgan fingerprint density at radius 3 is 0.220 bits per heavy atom. The smallest absolute Gasteiger partial charge is 0.0786 e. The van der Waals surface area contributed by atoms with Crippen LogP contribution in [0.4, 0.5) is 0 Å². The molecule has 0 aliphatic carbocycles. The normalized spacial score (nSPS) is 11.8. The Kier molecular flexibility index (Phi) is 102. The molecule has 0 aliphatic heterocycles. The molecule has 0 spiro atoms. The SMILES string of the molecule is CCCCCCCCCCCC[N+](CCCCCCCCCCCC)(CCCCCCCCCCCC)CCCCCCCCCCCC.CCCCCCCCCCCC[N+](CCCCCCCCCCCC)(CCCCCCCCCCCC)CCCCCCCCCCCC.[Cl-].[Cl-]. The van der Waals surface area contributed by atoms with Gasteiger partial charge in [-0.3, -0.25) is 0 Å². The lowest BCUT2D eigenvalue weighted by atomic mass is 10.0. The Morgan fingerprint density at radius 1 is 0.0900 bits per heavy atom. The largest absolute Gasteiger partial charge is 1.00 e. The van der Waals surface area contributed by atoms with E-state index < -0.39 is 0 Å². The van der Waals surface area contributed by atoms with Crippen molar-refractivity contribution >= 4 is 0 Å². The maximum absolute atomic E-state index is 2.34. The second kappa shape index (κ2) is 95.6. The molecule has 0 bridgehead atoms. The zero-order valence-electron chi connectivity index (χ0n) is 71.9. The first-order valence-electron chi connectivity index (χ1n) is 48.2. The van der Waals surface area contributed by atoms with Gasteiger partial charge in [-0.05, 0) is 103 Å². The second-order valence-electron chi connectivity index (χ2n) is 33.9. The summed E-state index contributed by atoms with van der Waals surface area (Å²) in [5.41, 5.74) is 0. The lowest BCUT2D eigenvalue weighted by molar-refractivity contribution is -0.929. The summed E-state index contributed by atoms with van der Waals surface area (Å²) >= 11 is 0. The molecule has 0 radical (unpaired) electrons. The van der Waals surface area contributed by atoms with E-state index in [1.54, 1.807) is 0 Å². The molecule has 0 rings (SSSR count). The molecule has 0 aliphatic rings. The first-order chi connectivity index (χ1) is 48.5. The molecule has 0 unspecified atom stereocenters. The fourth-order valence-electron chi connectivity index (χ4n) is 16.8. The first-order valence-corrected chi connectivity index (χ1v) is 48.2.